The second-order valence-corrected chi connectivity index (χ2v) is 6.66. The fourth-order valence-corrected chi connectivity index (χ4v) is 3.26. The third kappa shape index (κ3) is 5.70. The van der Waals surface area contributed by atoms with Crippen LogP contribution in [0.25, 0.3) is 0 Å². The van der Waals surface area contributed by atoms with E-state index in [-0.39, 0.29) is 30.6 Å². The van der Waals surface area contributed by atoms with Crippen molar-refractivity contribution >= 4 is 35.8 Å². The molecule has 0 bridgehead atoms. The normalized spacial score (nSPS) is 14.8. The predicted molar refractivity (Wildman–Crippen MR) is 109 cm³/mol. The van der Waals surface area contributed by atoms with Gasteiger partial charge in [-0.25, -0.2) is 0 Å². The van der Waals surface area contributed by atoms with Crippen molar-refractivity contribution in [3.63, 3.8) is 0 Å². The number of carbonyl (C=O) groups excluding carboxylic acids is 2. The summed E-state index contributed by atoms with van der Waals surface area (Å²) in [6, 6.07) is 16.1. The van der Waals surface area contributed by atoms with E-state index in [4.69, 9.17) is 11.6 Å². The summed E-state index contributed by atoms with van der Waals surface area (Å²) in [6.45, 7) is 2.99. The first-order valence-corrected chi connectivity index (χ1v) is 9.12. The molecule has 0 saturated carbocycles. The molecule has 0 aromatic heterocycles. The monoisotopic (exact) mass is 407 g/mol. The zero-order valence-electron chi connectivity index (χ0n) is 14.9. The van der Waals surface area contributed by atoms with Gasteiger partial charge in [-0.1, -0.05) is 54.1 Å². The molecule has 0 radical (unpaired) electrons. The number of amides is 2. The molecule has 1 unspecified atom stereocenters. The van der Waals surface area contributed by atoms with Gasteiger partial charge in [-0.3, -0.25) is 9.59 Å². The van der Waals surface area contributed by atoms with Crippen LogP contribution in [0.4, 0.5) is 0 Å². The molecular formula is C20H23Cl2N3O2. The maximum Gasteiger partial charge on any atom is 0.253 e. The van der Waals surface area contributed by atoms with E-state index >= 15 is 0 Å². The van der Waals surface area contributed by atoms with Gasteiger partial charge in [0.25, 0.3) is 5.91 Å². The Morgan fingerprint density at radius 2 is 1.67 bits per heavy atom. The lowest BCUT2D eigenvalue weighted by Gasteiger charge is -2.29. The summed E-state index contributed by atoms with van der Waals surface area (Å²) in [5.74, 6) is -0.239. The van der Waals surface area contributed by atoms with Gasteiger partial charge in [0.1, 0.15) is 0 Å². The molecule has 2 amide bonds. The topological polar surface area (TPSA) is 61.4 Å². The Kier molecular flexibility index (Phi) is 8.10. The molecule has 1 heterocycles. The second-order valence-electron chi connectivity index (χ2n) is 6.25. The van der Waals surface area contributed by atoms with Crippen molar-refractivity contribution in [2.75, 3.05) is 26.2 Å². The van der Waals surface area contributed by atoms with Crippen LogP contribution in [-0.4, -0.2) is 42.9 Å². The average molecular weight is 408 g/mol. The standard InChI is InChI=1S/C20H22ClN3O2.ClH/c21-17-9-5-4-8-16(17)20(26)23-18(15-6-2-1-3-7-15)14-19(25)24-12-10-22-11-13-24;/h1-9,18,22H,10-14H2,(H,23,26);1H. The summed E-state index contributed by atoms with van der Waals surface area (Å²) in [6.07, 6.45) is 0.222. The van der Waals surface area contributed by atoms with Crippen molar-refractivity contribution in [3.8, 4) is 0 Å². The van der Waals surface area contributed by atoms with E-state index in [2.05, 4.69) is 10.6 Å². The molecule has 2 aromatic rings. The van der Waals surface area contributed by atoms with Gasteiger partial charge in [0.05, 0.1) is 23.0 Å². The Morgan fingerprint density at radius 3 is 2.33 bits per heavy atom. The van der Waals surface area contributed by atoms with Crippen molar-refractivity contribution < 1.29 is 9.59 Å². The SMILES string of the molecule is Cl.O=C(NC(CC(=O)N1CCNCC1)c1ccccc1)c1ccccc1Cl. The van der Waals surface area contributed by atoms with Crippen LogP contribution in [0.5, 0.6) is 0 Å². The molecule has 27 heavy (non-hydrogen) atoms. The number of benzene rings is 2. The lowest BCUT2D eigenvalue weighted by Crippen LogP contribution is -2.47. The zero-order valence-corrected chi connectivity index (χ0v) is 16.4. The molecular weight excluding hydrogens is 385 g/mol. The molecule has 0 aliphatic carbocycles. The summed E-state index contributed by atoms with van der Waals surface area (Å²) >= 11 is 6.13. The fourth-order valence-electron chi connectivity index (χ4n) is 3.04. The number of rotatable bonds is 5. The van der Waals surface area contributed by atoms with E-state index in [0.29, 0.717) is 23.7 Å². The third-order valence-corrected chi connectivity index (χ3v) is 4.80. The molecule has 3 rings (SSSR count). The highest BCUT2D eigenvalue weighted by atomic mass is 35.5. The Bertz CT molecular complexity index is 765. The first-order chi connectivity index (χ1) is 12.6. The molecule has 1 fully saturated rings. The highest BCUT2D eigenvalue weighted by Crippen LogP contribution is 2.21. The molecule has 1 saturated heterocycles. The molecule has 2 aromatic carbocycles. The van der Waals surface area contributed by atoms with Crippen LogP contribution in [0.1, 0.15) is 28.4 Å². The van der Waals surface area contributed by atoms with E-state index < -0.39 is 6.04 Å². The number of piperazine rings is 1. The summed E-state index contributed by atoms with van der Waals surface area (Å²) in [5.41, 5.74) is 1.31. The third-order valence-electron chi connectivity index (χ3n) is 4.47. The van der Waals surface area contributed by atoms with Gasteiger partial charge >= 0.3 is 0 Å². The molecule has 2 N–H and O–H groups in total. The van der Waals surface area contributed by atoms with E-state index in [9.17, 15) is 9.59 Å². The molecule has 1 aliphatic heterocycles. The number of hydrogen-bond donors (Lipinski definition) is 2. The van der Waals surface area contributed by atoms with Gasteiger partial charge in [-0.05, 0) is 17.7 Å². The van der Waals surface area contributed by atoms with E-state index in [1.165, 1.54) is 0 Å². The molecule has 5 nitrogen and oxygen atoms in total. The highest BCUT2D eigenvalue weighted by molar-refractivity contribution is 6.33. The largest absolute Gasteiger partial charge is 0.345 e. The lowest BCUT2D eigenvalue weighted by atomic mass is 10.0. The van der Waals surface area contributed by atoms with Gasteiger partial charge < -0.3 is 15.5 Å². The van der Waals surface area contributed by atoms with Crippen LogP contribution in [0, 0.1) is 0 Å². The van der Waals surface area contributed by atoms with Crippen molar-refractivity contribution in [3.05, 3.63) is 70.7 Å². The first kappa shape index (κ1) is 21.2. The van der Waals surface area contributed by atoms with Crippen LogP contribution >= 0.6 is 24.0 Å². The maximum absolute atomic E-state index is 12.7. The van der Waals surface area contributed by atoms with Gasteiger partial charge in [0, 0.05) is 26.2 Å². The Morgan fingerprint density at radius 1 is 1.04 bits per heavy atom. The van der Waals surface area contributed by atoms with Crippen molar-refractivity contribution in [2.45, 2.75) is 12.5 Å². The molecule has 144 valence electrons. The minimum atomic E-state index is -0.401. The van der Waals surface area contributed by atoms with E-state index in [0.717, 1.165) is 18.7 Å². The maximum atomic E-state index is 12.7. The Balaban J connectivity index is 0.00000261. The summed E-state index contributed by atoms with van der Waals surface area (Å²) < 4.78 is 0. The summed E-state index contributed by atoms with van der Waals surface area (Å²) in [7, 11) is 0. The second kappa shape index (κ2) is 10.3. The van der Waals surface area contributed by atoms with Gasteiger partial charge in [-0.15, -0.1) is 12.4 Å². The fraction of sp³-hybridized carbons (Fsp3) is 0.300. The number of hydrogen-bond acceptors (Lipinski definition) is 3. The van der Waals surface area contributed by atoms with E-state index in [1.807, 2.05) is 35.2 Å². The molecule has 7 heteroatoms. The quantitative estimate of drug-likeness (QED) is 0.800. The smallest absolute Gasteiger partial charge is 0.253 e. The summed E-state index contributed by atoms with van der Waals surface area (Å²) in [4.78, 5) is 27.2. The molecule has 0 spiro atoms. The number of carbonyl (C=O) groups is 2. The number of nitrogens with zero attached hydrogens (tertiary/aromatic N) is 1. The minimum absolute atomic E-state index is 0. The number of halogens is 2. The van der Waals surface area contributed by atoms with Crippen molar-refractivity contribution in [1.29, 1.82) is 0 Å². The Hall–Kier alpha value is -2.08. The zero-order chi connectivity index (χ0) is 18.4. The lowest BCUT2D eigenvalue weighted by molar-refractivity contribution is -0.132. The molecule has 1 atom stereocenters. The van der Waals surface area contributed by atoms with Gasteiger partial charge in [0.2, 0.25) is 5.91 Å². The van der Waals surface area contributed by atoms with Crippen molar-refractivity contribution in [2.24, 2.45) is 0 Å². The van der Waals surface area contributed by atoms with Crippen LogP contribution in [0.15, 0.2) is 54.6 Å². The minimum Gasteiger partial charge on any atom is -0.345 e. The van der Waals surface area contributed by atoms with Gasteiger partial charge in [0.15, 0.2) is 0 Å². The van der Waals surface area contributed by atoms with Crippen LogP contribution < -0.4 is 10.6 Å². The first-order valence-electron chi connectivity index (χ1n) is 8.74. The number of nitrogens with one attached hydrogen (secondary N) is 2. The van der Waals surface area contributed by atoms with Crippen LogP contribution in [-0.2, 0) is 4.79 Å². The van der Waals surface area contributed by atoms with Gasteiger partial charge in [-0.2, -0.15) is 0 Å². The highest BCUT2D eigenvalue weighted by Gasteiger charge is 2.24. The van der Waals surface area contributed by atoms with Crippen LogP contribution in [0.2, 0.25) is 5.02 Å². The molecule has 1 aliphatic rings. The van der Waals surface area contributed by atoms with Crippen molar-refractivity contribution in [1.82, 2.24) is 15.5 Å². The van der Waals surface area contributed by atoms with Crippen LogP contribution in [0.3, 0.4) is 0 Å². The average Bonchev–Trinajstić information content (AvgIpc) is 2.69. The van der Waals surface area contributed by atoms with E-state index in [1.54, 1.807) is 24.3 Å². The predicted octanol–water partition coefficient (Wildman–Crippen LogP) is 3.05. The Labute approximate surface area is 170 Å². The summed E-state index contributed by atoms with van der Waals surface area (Å²) in [5, 5.41) is 6.60.